The van der Waals surface area contributed by atoms with Gasteiger partial charge in [0.25, 0.3) is 0 Å². The molecule has 0 radical (unpaired) electrons. The molecule has 100 valence electrons. The molecule has 0 aromatic heterocycles. The van der Waals surface area contributed by atoms with Gasteiger partial charge in [-0.25, -0.2) is 13.6 Å². The van der Waals surface area contributed by atoms with Crippen LogP contribution in [0.5, 0.6) is 0 Å². The van der Waals surface area contributed by atoms with Gasteiger partial charge in [0.05, 0.1) is 11.8 Å². The summed E-state index contributed by atoms with van der Waals surface area (Å²) in [5, 5.41) is 7.25. The summed E-state index contributed by atoms with van der Waals surface area (Å²) in [4.78, 5) is 11.6. The highest BCUT2D eigenvalue weighted by Gasteiger charge is 2.14. The Morgan fingerprint density at radius 3 is 2.44 bits per heavy atom. The minimum Gasteiger partial charge on any atom is -0.354 e. The SMILES string of the molecule is N[C@@H](Cc1ccccc1)C(=O)NCCS(N)(=O)=O. The number of hydrogen-bond acceptors (Lipinski definition) is 4. The van der Waals surface area contributed by atoms with E-state index in [4.69, 9.17) is 10.9 Å². The van der Waals surface area contributed by atoms with E-state index < -0.39 is 16.1 Å². The Morgan fingerprint density at radius 1 is 1.28 bits per heavy atom. The van der Waals surface area contributed by atoms with Crippen molar-refractivity contribution in [1.29, 1.82) is 0 Å². The number of carbonyl (C=O) groups excluding carboxylic acids is 1. The van der Waals surface area contributed by atoms with Gasteiger partial charge in [-0.05, 0) is 12.0 Å². The van der Waals surface area contributed by atoms with E-state index in [-0.39, 0.29) is 18.2 Å². The molecule has 5 N–H and O–H groups in total. The molecule has 0 aliphatic carbocycles. The maximum atomic E-state index is 11.6. The van der Waals surface area contributed by atoms with Crippen molar-refractivity contribution in [2.75, 3.05) is 12.3 Å². The minimum atomic E-state index is -3.56. The summed E-state index contributed by atoms with van der Waals surface area (Å²) >= 11 is 0. The number of sulfonamides is 1. The van der Waals surface area contributed by atoms with E-state index in [0.717, 1.165) is 5.56 Å². The lowest BCUT2D eigenvalue weighted by atomic mass is 10.1. The van der Waals surface area contributed by atoms with Crippen LogP contribution >= 0.6 is 0 Å². The average Bonchev–Trinajstić information content (AvgIpc) is 2.28. The highest BCUT2D eigenvalue weighted by molar-refractivity contribution is 7.89. The molecule has 0 saturated heterocycles. The molecule has 7 heteroatoms. The number of nitrogens with one attached hydrogen (secondary N) is 1. The van der Waals surface area contributed by atoms with Crippen LogP contribution in [0.3, 0.4) is 0 Å². The van der Waals surface area contributed by atoms with Crippen LogP contribution < -0.4 is 16.2 Å². The van der Waals surface area contributed by atoms with Crippen molar-refractivity contribution in [2.45, 2.75) is 12.5 Å². The third kappa shape index (κ3) is 5.76. The number of amides is 1. The van der Waals surface area contributed by atoms with Crippen molar-refractivity contribution >= 4 is 15.9 Å². The van der Waals surface area contributed by atoms with Gasteiger partial charge in [-0.2, -0.15) is 0 Å². The highest BCUT2D eigenvalue weighted by Crippen LogP contribution is 2.01. The van der Waals surface area contributed by atoms with Gasteiger partial charge in [0.2, 0.25) is 15.9 Å². The molecule has 0 bridgehead atoms. The lowest BCUT2D eigenvalue weighted by molar-refractivity contribution is -0.122. The Balaban J connectivity index is 2.38. The summed E-state index contributed by atoms with van der Waals surface area (Å²) in [6.45, 7) is -0.0276. The smallest absolute Gasteiger partial charge is 0.237 e. The predicted octanol–water partition coefficient (Wildman–Crippen LogP) is -1.04. The number of nitrogens with two attached hydrogens (primary N) is 2. The van der Waals surface area contributed by atoms with Crippen LogP contribution in [0.1, 0.15) is 5.56 Å². The summed E-state index contributed by atoms with van der Waals surface area (Å²) < 4.78 is 21.3. The summed E-state index contributed by atoms with van der Waals surface area (Å²) in [5.41, 5.74) is 6.66. The van der Waals surface area contributed by atoms with Crippen molar-refractivity contribution in [2.24, 2.45) is 10.9 Å². The van der Waals surface area contributed by atoms with Crippen LogP contribution in [0.4, 0.5) is 0 Å². The quantitative estimate of drug-likeness (QED) is 0.613. The lowest BCUT2D eigenvalue weighted by Gasteiger charge is -2.11. The second-order valence-corrected chi connectivity index (χ2v) is 5.69. The Kier molecular flexibility index (Phi) is 5.26. The third-order valence-electron chi connectivity index (χ3n) is 2.32. The van der Waals surface area contributed by atoms with Gasteiger partial charge in [-0.15, -0.1) is 0 Å². The average molecular weight is 271 g/mol. The fraction of sp³-hybridized carbons (Fsp3) is 0.364. The van der Waals surface area contributed by atoms with Crippen molar-refractivity contribution < 1.29 is 13.2 Å². The van der Waals surface area contributed by atoms with E-state index >= 15 is 0 Å². The first kappa shape index (κ1) is 14.6. The van der Waals surface area contributed by atoms with Crippen LogP contribution in [-0.4, -0.2) is 32.7 Å². The molecule has 1 amide bonds. The zero-order valence-corrected chi connectivity index (χ0v) is 10.7. The fourth-order valence-electron chi connectivity index (χ4n) is 1.41. The molecule has 0 fully saturated rings. The molecule has 1 aromatic carbocycles. The largest absolute Gasteiger partial charge is 0.354 e. The first-order valence-corrected chi connectivity index (χ1v) is 7.18. The van der Waals surface area contributed by atoms with Crippen molar-refractivity contribution in [1.82, 2.24) is 5.32 Å². The Morgan fingerprint density at radius 2 is 1.89 bits per heavy atom. The number of carbonyl (C=O) groups is 1. The summed E-state index contributed by atoms with van der Waals surface area (Å²) in [6.07, 6.45) is 0.405. The van der Waals surface area contributed by atoms with E-state index in [0.29, 0.717) is 6.42 Å². The zero-order chi connectivity index (χ0) is 13.6. The Bertz CT molecular complexity index is 488. The molecule has 0 aliphatic heterocycles. The van der Waals surface area contributed by atoms with Gasteiger partial charge in [-0.1, -0.05) is 30.3 Å². The van der Waals surface area contributed by atoms with Crippen LogP contribution in [0.25, 0.3) is 0 Å². The first-order valence-electron chi connectivity index (χ1n) is 5.46. The summed E-state index contributed by atoms with van der Waals surface area (Å²) in [5.74, 6) is -0.681. The first-order chi connectivity index (χ1) is 8.38. The van der Waals surface area contributed by atoms with Gasteiger partial charge in [-0.3, -0.25) is 4.79 Å². The molecule has 18 heavy (non-hydrogen) atoms. The van der Waals surface area contributed by atoms with Gasteiger partial charge >= 0.3 is 0 Å². The van der Waals surface area contributed by atoms with Gasteiger partial charge < -0.3 is 11.1 Å². The standard InChI is InChI=1S/C11H17N3O3S/c12-10(8-9-4-2-1-3-5-9)11(15)14-6-7-18(13,16)17/h1-5,10H,6-8,12H2,(H,14,15)(H2,13,16,17)/t10-/m0/s1. The molecule has 0 spiro atoms. The number of hydrogen-bond donors (Lipinski definition) is 3. The van der Waals surface area contributed by atoms with Crippen molar-refractivity contribution in [3.8, 4) is 0 Å². The van der Waals surface area contributed by atoms with Crippen LogP contribution in [0.15, 0.2) is 30.3 Å². The van der Waals surface area contributed by atoms with Gasteiger partial charge in [0.1, 0.15) is 0 Å². The number of rotatable bonds is 6. The summed E-state index contributed by atoms with van der Waals surface area (Å²) in [7, 11) is -3.56. The molecule has 1 atom stereocenters. The number of benzene rings is 1. The molecule has 0 unspecified atom stereocenters. The lowest BCUT2D eigenvalue weighted by Crippen LogP contribution is -2.43. The molecule has 1 rings (SSSR count). The highest BCUT2D eigenvalue weighted by atomic mass is 32.2. The van der Waals surface area contributed by atoms with Crippen LogP contribution in [0, 0.1) is 0 Å². The van der Waals surface area contributed by atoms with E-state index in [1.54, 1.807) is 0 Å². The van der Waals surface area contributed by atoms with E-state index in [9.17, 15) is 13.2 Å². The molecular weight excluding hydrogens is 254 g/mol. The van der Waals surface area contributed by atoms with E-state index in [1.165, 1.54) is 0 Å². The second kappa shape index (κ2) is 6.48. The zero-order valence-electron chi connectivity index (χ0n) is 9.87. The minimum absolute atomic E-state index is 0.0276. The maximum Gasteiger partial charge on any atom is 0.237 e. The predicted molar refractivity (Wildman–Crippen MR) is 69.1 cm³/mol. The fourth-order valence-corrected chi connectivity index (χ4v) is 1.79. The second-order valence-electron chi connectivity index (χ2n) is 3.95. The topological polar surface area (TPSA) is 115 Å². The van der Waals surface area contributed by atoms with E-state index in [2.05, 4.69) is 5.32 Å². The maximum absolute atomic E-state index is 11.6. The molecule has 6 nitrogen and oxygen atoms in total. The molecule has 0 heterocycles. The van der Waals surface area contributed by atoms with Gasteiger partial charge in [0.15, 0.2) is 0 Å². The Labute approximate surface area is 106 Å². The normalized spacial score (nSPS) is 13.0. The number of primary sulfonamides is 1. The molecule has 0 aliphatic rings. The molecular formula is C11H17N3O3S. The monoisotopic (exact) mass is 271 g/mol. The van der Waals surface area contributed by atoms with Crippen molar-refractivity contribution in [3.63, 3.8) is 0 Å². The molecule has 1 aromatic rings. The molecule has 0 saturated carbocycles. The van der Waals surface area contributed by atoms with Crippen LogP contribution in [-0.2, 0) is 21.2 Å². The summed E-state index contributed by atoms with van der Waals surface area (Å²) in [6, 6.07) is 8.64. The van der Waals surface area contributed by atoms with Crippen molar-refractivity contribution in [3.05, 3.63) is 35.9 Å². The Hall–Kier alpha value is -1.44. The third-order valence-corrected chi connectivity index (χ3v) is 3.09. The van der Waals surface area contributed by atoms with Crippen LogP contribution in [0.2, 0.25) is 0 Å². The van der Waals surface area contributed by atoms with E-state index in [1.807, 2.05) is 30.3 Å². The van der Waals surface area contributed by atoms with Gasteiger partial charge in [0, 0.05) is 6.54 Å².